The lowest BCUT2D eigenvalue weighted by Crippen LogP contribution is -2.30. The van der Waals surface area contributed by atoms with E-state index in [9.17, 15) is 9.59 Å². The van der Waals surface area contributed by atoms with Crippen molar-refractivity contribution in [3.05, 3.63) is 52.8 Å². The Kier molecular flexibility index (Phi) is 5.16. The van der Waals surface area contributed by atoms with E-state index in [1.807, 2.05) is 6.92 Å². The average Bonchev–Trinajstić information content (AvgIpc) is 2.96. The molecule has 0 bridgehead atoms. The third-order valence-corrected chi connectivity index (χ3v) is 3.43. The van der Waals surface area contributed by atoms with Crippen molar-refractivity contribution in [3.8, 4) is 0 Å². The smallest absolute Gasteiger partial charge is 0.305 e. The van der Waals surface area contributed by atoms with Crippen LogP contribution in [0.15, 0.2) is 36.7 Å². The van der Waals surface area contributed by atoms with E-state index in [0.29, 0.717) is 22.7 Å². The van der Waals surface area contributed by atoms with Crippen molar-refractivity contribution in [3.63, 3.8) is 0 Å². The van der Waals surface area contributed by atoms with Crippen molar-refractivity contribution in [2.24, 2.45) is 0 Å². The van der Waals surface area contributed by atoms with Gasteiger partial charge in [-0.3, -0.25) is 14.3 Å². The molecule has 0 aliphatic carbocycles. The van der Waals surface area contributed by atoms with Crippen LogP contribution in [0.2, 0.25) is 5.02 Å². The average molecular weight is 322 g/mol. The number of carbonyl (C=O) groups is 2. The van der Waals surface area contributed by atoms with E-state index >= 15 is 0 Å². The SMILES string of the molecule is CCn1cc(C(=O)N[C@@H](CC(=O)O)c2ccc(Cl)cc2)cn1. The van der Waals surface area contributed by atoms with Gasteiger partial charge >= 0.3 is 5.97 Å². The molecule has 0 aliphatic rings. The maximum atomic E-state index is 12.2. The van der Waals surface area contributed by atoms with Gasteiger partial charge in [0.15, 0.2) is 0 Å². The number of amides is 1. The van der Waals surface area contributed by atoms with Crippen molar-refractivity contribution in [1.29, 1.82) is 0 Å². The van der Waals surface area contributed by atoms with Crippen molar-refractivity contribution >= 4 is 23.5 Å². The monoisotopic (exact) mass is 321 g/mol. The Morgan fingerprint density at radius 2 is 2.05 bits per heavy atom. The summed E-state index contributed by atoms with van der Waals surface area (Å²) in [6.45, 7) is 2.57. The molecule has 0 spiro atoms. The van der Waals surface area contributed by atoms with E-state index in [2.05, 4.69) is 10.4 Å². The lowest BCUT2D eigenvalue weighted by atomic mass is 10.0. The molecule has 1 atom stereocenters. The standard InChI is InChI=1S/C15H16ClN3O3/c1-2-19-9-11(8-17-19)15(22)18-13(7-14(20)21)10-3-5-12(16)6-4-10/h3-6,8-9,13H,2,7H2,1H3,(H,18,22)(H,20,21)/t13-/m0/s1. The summed E-state index contributed by atoms with van der Waals surface area (Å²) in [6, 6.07) is 6.09. The number of carbonyl (C=O) groups excluding carboxylic acids is 1. The Labute approximate surface area is 132 Å². The van der Waals surface area contributed by atoms with Gasteiger partial charge in [-0.2, -0.15) is 5.10 Å². The van der Waals surface area contributed by atoms with Crippen LogP contribution < -0.4 is 5.32 Å². The van der Waals surface area contributed by atoms with Crippen LogP contribution in [0.3, 0.4) is 0 Å². The van der Waals surface area contributed by atoms with Crippen LogP contribution in [-0.4, -0.2) is 26.8 Å². The first-order chi connectivity index (χ1) is 10.5. The second kappa shape index (κ2) is 7.09. The van der Waals surface area contributed by atoms with Crippen molar-refractivity contribution in [1.82, 2.24) is 15.1 Å². The van der Waals surface area contributed by atoms with Crippen LogP contribution in [0.4, 0.5) is 0 Å². The molecule has 1 aromatic heterocycles. The Morgan fingerprint density at radius 1 is 1.36 bits per heavy atom. The summed E-state index contributed by atoms with van der Waals surface area (Å²) in [4.78, 5) is 23.2. The number of carboxylic acid groups (broad SMARTS) is 1. The predicted octanol–water partition coefficient (Wildman–Crippen LogP) is 2.50. The molecule has 2 N–H and O–H groups in total. The zero-order valence-electron chi connectivity index (χ0n) is 12.0. The van der Waals surface area contributed by atoms with Crippen molar-refractivity contribution in [2.75, 3.05) is 0 Å². The summed E-state index contributed by atoms with van der Waals surface area (Å²) < 4.78 is 1.63. The van der Waals surface area contributed by atoms with E-state index in [1.54, 1.807) is 35.1 Å². The van der Waals surface area contributed by atoms with Crippen LogP contribution in [0.25, 0.3) is 0 Å². The van der Waals surface area contributed by atoms with Gasteiger partial charge in [-0.1, -0.05) is 23.7 Å². The largest absolute Gasteiger partial charge is 0.481 e. The minimum Gasteiger partial charge on any atom is -0.481 e. The normalized spacial score (nSPS) is 11.9. The third kappa shape index (κ3) is 4.08. The van der Waals surface area contributed by atoms with Gasteiger partial charge in [-0.15, -0.1) is 0 Å². The minimum atomic E-state index is -0.996. The van der Waals surface area contributed by atoms with Crippen molar-refractivity contribution in [2.45, 2.75) is 25.9 Å². The van der Waals surface area contributed by atoms with Gasteiger partial charge in [0, 0.05) is 17.8 Å². The zero-order chi connectivity index (χ0) is 16.1. The maximum Gasteiger partial charge on any atom is 0.305 e. The predicted molar refractivity (Wildman–Crippen MR) is 81.8 cm³/mol. The molecule has 7 heteroatoms. The number of halogens is 1. The fourth-order valence-corrected chi connectivity index (χ4v) is 2.14. The molecule has 0 radical (unpaired) electrons. The molecular formula is C15H16ClN3O3. The first kappa shape index (κ1) is 16.0. The molecule has 6 nitrogen and oxygen atoms in total. The highest BCUT2D eigenvalue weighted by Crippen LogP contribution is 2.20. The molecule has 1 aromatic carbocycles. The summed E-state index contributed by atoms with van der Waals surface area (Å²) in [6.07, 6.45) is 2.86. The molecule has 0 saturated heterocycles. The van der Waals surface area contributed by atoms with Crippen LogP contribution in [-0.2, 0) is 11.3 Å². The Hall–Kier alpha value is -2.34. The molecule has 0 aliphatic heterocycles. The first-order valence-corrected chi connectivity index (χ1v) is 7.18. The van der Waals surface area contributed by atoms with Gasteiger partial charge in [0.2, 0.25) is 0 Å². The second-order valence-corrected chi connectivity index (χ2v) is 5.20. The summed E-state index contributed by atoms with van der Waals surface area (Å²) in [5, 5.41) is 16.3. The quantitative estimate of drug-likeness (QED) is 0.856. The summed E-state index contributed by atoms with van der Waals surface area (Å²) in [5.74, 6) is -1.36. The zero-order valence-corrected chi connectivity index (χ0v) is 12.7. The fourth-order valence-electron chi connectivity index (χ4n) is 2.02. The summed E-state index contributed by atoms with van der Waals surface area (Å²) in [7, 11) is 0. The van der Waals surface area contributed by atoms with Gasteiger partial charge in [0.1, 0.15) is 0 Å². The molecule has 0 unspecified atom stereocenters. The number of aromatic nitrogens is 2. The van der Waals surface area contributed by atoms with Gasteiger partial charge in [0.25, 0.3) is 5.91 Å². The van der Waals surface area contributed by atoms with Gasteiger partial charge < -0.3 is 10.4 Å². The molecule has 0 saturated carbocycles. The molecule has 1 heterocycles. The second-order valence-electron chi connectivity index (χ2n) is 4.76. The highest BCUT2D eigenvalue weighted by atomic mass is 35.5. The number of carboxylic acids is 1. The van der Waals surface area contributed by atoms with Gasteiger partial charge in [0.05, 0.1) is 24.2 Å². The third-order valence-electron chi connectivity index (χ3n) is 3.18. The van der Waals surface area contributed by atoms with E-state index in [-0.39, 0.29) is 12.3 Å². The lowest BCUT2D eigenvalue weighted by Gasteiger charge is -2.17. The number of hydrogen-bond acceptors (Lipinski definition) is 3. The molecule has 2 rings (SSSR count). The molecule has 116 valence electrons. The van der Waals surface area contributed by atoms with Crippen LogP contribution in [0.1, 0.15) is 35.3 Å². The highest BCUT2D eigenvalue weighted by Gasteiger charge is 2.19. The summed E-state index contributed by atoms with van der Waals surface area (Å²) >= 11 is 5.83. The molecule has 2 aromatic rings. The Balaban J connectivity index is 2.17. The van der Waals surface area contributed by atoms with Gasteiger partial charge in [-0.25, -0.2) is 0 Å². The highest BCUT2D eigenvalue weighted by molar-refractivity contribution is 6.30. The van der Waals surface area contributed by atoms with E-state index in [0.717, 1.165) is 0 Å². The maximum absolute atomic E-state index is 12.2. The molecule has 1 amide bonds. The molecule has 22 heavy (non-hydrogen) atoms. The number of rotatable bonds is 6. The fraction of sp³-hybridized carbons (Fsp3) is 0.267. The number of nitrogens with zero attached hydrogens (tertiary/aromatic N) is 2. The number of nitrogens with one attached hydrogen (secondary N) is 1. The Morgan fingerprint density at radius 3 is 2.59 bits per heavy atom. The number of hydrogen-bond donors (Lipinski definition) is 2. The topological polar surface area (TPSA) is 84.2 Å². The Bertz CT molecular complexity index is 667. The van der Waals surface area contributed by atoms with Crippen molar-refractivity contribution < 1.29 is 14.7 Å². The number of benzene rings is 1. The molecular weight excluding hydrogens is 306 g/mol. The number of aryl methyl sites for hydroxylation is 1. The van der Waals surface area contributed by atoms with E-state index < -0.39 is 12.0 Å². The summed E-state index contributed by atoms with van der Waals surface area (Å²) in [5.41, 5.74) is 1.08. The van der Waals surface area contributed by atoms with Gasteiger partial charge in [-0.05, 0) is 24.6 Å². The van der Waals surface area contributed by atoms with E-state index in [4.69, 9.17) is 16.7 Å². The van der Waals surface area contributed by atoms with E-state index in [1.165, 1.54) is 6.20 Å². The minimum absolute atomic E-state index is 0.213. The van der Waals surface area contributed by atoms with Crippen LogP contribution in [0.5, 0.6) is 0 Å². The van der Waals surface area contributed by atoms with Crippen LogP contribution >= 0.6 is 11.6 Å². The first-order valence-electron chi connectivity index (χ1n) is 6.80. The van der Waals surface area contributed by atoms with Crippen LogP contribution in [0, 0.1) is 0 Å². The molecule has 0 fully saturated rings. The number of aliphatic carboxylic acids is 1. The lowest BCUT2D eigenvalue weighted by molar-refractivity contribution is -0.137.